The number of aliphatic hydroxyl groups excluding tert-OH is 2. The maximum atomic E-state index is 12.9. The summed E-state index contributed by atoms with van der Waals surface area (Å²) < 4.78 is 33.5. The number of fused-ring (bicyclic) bond motifs is 3. The zero-order valence-corrected chi connectivity index (χ0v) is 23.2. The highest BCUT2D eigenvalue weighted by Crippen LogP contribution is 2.61. The summed E-state index contributed by atoms with van der Waals surface area (Å²) in [6.07, 6.45) is -4.81. The second-order valence-corrected chi connectivity index (χ2v) is 11.1. The molecule has 11 atom stereocenters. The van der Waals surface area contributed by atoms with Crippen LogP contribution in [-0.4, -0.2) is 107 Å². The summed E-state index contributed by atoms with van der Waals surface area (Å²) in [5.74, 6) is -5.73. The van der Waals surface area contributed by atoms with Gasteiger partial charge >= 0.3 is 23.9 Å². The zero-order chi connectivity index (χ0) is 29.8. The number of rotatable bonds is 5. The van der Waals surface area contributed by atoms with Crippen molar-refractivity contribution in [3.63, 3.8) is 0 Å². The van der Waals surface area contributed by atoms with Crippen LogP contribution < -0.4 is 0 Å². The molecular formula is C27H36O13. The van der Waals surface area contributed by atoms with Crippen LogP contribution in [0.4, 0.5) is 0 Å². The monoisotopic (exact) mass is 568 g/mol. The van der Waals surface area contributed by atoms with Crippen LogP contribution in [0.2, 0.25) is 0 Å². The fourth-order valence-electron chi connectivity index (χ4n) is 6.60. The van der Waals surface area contributed by atoms with E-state index in [1.54, 1.807) is 0 Å². The lowest BCUT2D eigenvalue weighted by Gasteiger charge is -2.58. The number of aliphatic hydroxyl groups is 3. The summed E-state index contributed by atoms with van der Waals surface area (Å²) in [4.78, 5) is 49.8. The van der Waals surface area contributed by atoms with E-state index < -0.39 is 89.0 Å². The maximum Gasteiger partial charge on any atom is 0.312 e. The molecule has 0 aromatic carbocycles. The Hall–Kier alpha value is -2.84. The molecule has 0 amide bonds. The SMILES string of the molecule is COCC1=CC2OC(=O)C(C)C2(O)C(OC(C)=O)C2C3(CO3)C(O)C(OC(C)=O)C(O)C2(C)C(OC(C)=O)C=C1. The molecule has 0 aromatic heterocycles. The molecule has 2 aliphatic carbocycles. The van der Waals surface area contributed by atoms with E-state index in [9.17, 15) is 34.5 Å². The number of epoxide rings is 1. The molecule has 13 heteroatoms. The van der Waals surface area contributed by atoms with Crippen molar-refractivity contribution in [3.05, 3.63) is 23.8 Å². The molecule has 40 heavy (non-hydrogen) atoms. The van der Waals surface area contributed by atoms with Gasteiger partial charge in [-0.25, -0.2) is 0 Å². The van der Waals surface area contributed by atoms with Gasteiger partial charge in [-0.05, 0) is 24.6 Å². The van der Waals surface area contributed by atoms with Crippen LogP contribution in [0.5, 0.6) is 0 Å². The third-order valence-electron chi connectivity index (χ3n) is 8.60. The van der Waals surface area contributed by atoms with Crippen molar-refractivity contribution in [2.75, 3.05) is 20.3 Å². The molecule has 1 spiro atoms. The number of carbonyl (C=O) groups excluding carboxylic acids is 4. The highest BCUT2D eigenvalue weighted by atomic mass is 16.6. The second kappa shape index (κ2) is 10.5. The summed E-state index contributed by atoms with van der Waals surface area (Å²) in [6, 6.07) is 0. The minimum Gasteiger partial charge on any atom is -0.459 e. The summed E-state index contributed by atoms with van der Waals surface area (Å²) in [5, 5.41) is 35.7. The first-order valence-corrected chi connectivity index (χ1v) is 13.0. The Labute approximate surface area is 231 Å². The first-order chi connectivity index (χ1) is 18.6. The van der Waals surface area contributed by atoms with Gasteiger partial charge in [0.2, 0.25) is 0 Å². The van der Waals surface area contributed by atoms with Gasteiger partial charge in [0, 0.05) is 39.2 Å². The molecule has 2 heterocycles. The lowest BCUT2D eigenvalue weighted by molar-refractivity contribution is -0.273. The van der Waals surface area contributed by atoms with Crippen molar-refractivity contribution in [1.29, 1.82) is 0 Å². The highest BCUT2D eigenvalue weighted by molar-refractivity contribution is 5.78. The molecule has 3 fully saturated rings. The number of hydrogen-bond donors (Lipinski definition) is 3. The van der Waals surface area contributed by atoms with Gasteiger partial charge in [0.15, 0.2) is 17.8 Å². The molecule has 11 unspecified atom stereocenters. The summed E-state index contributed by atoms with van der Waals surface area (Å²) in [7, 11) is 1.43. The summed E-state index contributed by atoms with van der Waals surface area (Å²) in [6.45, 7) is 6.10. The molecule has 4 aliphatic rings. The molecule has 2 saturated heterocycles. The number of carbonyl (C=O) groups is 4. The van der Waals surface area contributed by atoms with Gasteiger partial charge in [-0.2, -0.15) is 0 Å². The standard InChI is InChI=1S/C27H36O13/c1-12-24(33)40-18-9-16(10-35-6)7-8-17(37-13(2)28)25(5)20(23(27(12,18)34)39-15(4)30)26(11-36-26)22(32)19(21(25)31)38-14(3)29/h7-9,12,17-23,31-32,34H,10-11H2,1-6H3. The molecule has 3 N–H and O–H groups in total. The van der Waals surface area contributed by atoms with Gasteiger partial charge in [0.05, 0.1) is 19.1 Å². The molecule has 0 bridgehead atoms. The predicted molar refractivity (Wildman–Crippen MR) is 132 cm³/mol. The Morgan fingerprint density at radius 3 is 2.17 bits per heavy atom. The van der Waals surface area contributed by atoms with Crippen LogP contribution in [0.15, 0.2) is 23.8 Å². The van der Waals surface area contributed by atoms with Crippen molar-refractivity contribution in [1.82, 2.24) is 0 Å². The van der Waals surface area contributed by atoms with E-state index in [1.807, 2.05) is 0 Å². The zero-order valence-electron chi connectivity index (χ0n) is 23.2. The molecule has 0 radical (unpaired) electrons. The van der Waals surface area contributed by atoms with Gasteiger partial charge in [-0.1, -0.05) is 13.0 Å². The average molecular weight is 569 g/mol. The van der Waals surface area contributed by atoms with E-state index in [2.05, 4.69) is 0 Å². The Morgan fingerprint density at radius 2 is 1.65 bits per heavy atom. The van der Waals surface area contributed by atoms with Crippen molar-refractivity contribution < 1.29 is 62.9 Å². The number of hydrogen-bond acceptors (Lipinski definition) is 13. The Morgan fingerprint density at radius 1 is 1.05 bits per heavy atom. The largest absolute Gasteiger partial charge is 0.459 e. The van der Waals surface area contributed by atoms with Gasteiger partial charge in [-0.3, -0.25) is 19.2 Å². The van der Waals surface area contributed by atoms with E-state index >= 15 is 0 Å². The minimum atomic E-state index is -2.24. The van der Waals surface area contributed by atoms with Crippen molar-refractivity contribution >= 4 is 23.9 Å². The predicted octanol–water partition coefficient (Wildman–Crippen LogP) is -0.656. The van der Waals surface area contributed by atoms with Gasteiger partial charge < -0.3 is 43.7 Å². The van der Waals surface area contributed by atoms with E-state index in [0.717, 1.165) is 20.8 Å². The van der Waals surface area contributed by atoms with Crippen LogP contribution in [0, 0.1) is 17.3 Å². The van der Waals surface area contributed by atoms with Crippen LogP contribution in [0.25, 0.3) is 0 Å². The summed E-state index contributed by atoms with van der Waals surface area (Å²) >= 11 is 0. The average Bonchev–Trinajstić information content (AvgIpc) is 3.62. The van der Waals surface area contributed by atoms with Crippen LogP contribution in [0.1, 0.15) is 34.6 Å². The third-order valence-corrected chi connectivity index (χ3v) is 8.60. The first kappa shape index (κ1) is 30.1. The van der Waals surface area contributed by atoms with Crippen molar-refractivity contribution in [2.45, 2.75) is 82.4 Å². The quantitative estimate of drug-likeness (QED) is 0.216. The van der Waals surface area contributed by atoms with E-state index in [4.69, 9.17) is 28.4 Å². The summed E-state index contributed by atoms with van der Waals surface area (Å²) in [5.41, 5.74) is -5.23. The minimum absolute atomic E-state index is 0.00936. The second-order valence-electron chi connectivity index (χ2n) is 11.1. The molecule has 222 valence electrons. The van der Waals surface area contributed by atoms with Crippen LogP contribution in [-0.2, 0) is 47.6 Å². The Kier molecular flexibility index (Phi) is 7.93. The van der Waals surface area contributed by atoms with E-state index in [1.165, 1.54) is 39.2 Å². The smallest absolute Gasteiger partial charge is 0.312 e. The van der Waals surface area contributed by atoms with Crippen molar-refractivity contribution in [2.24, 2.45) is 17.3 Å². The Balaban J connectivity index is 2.06. The van der Waals surface area contributed by atoms with Crippen LogP contribution in [0.3, 0.4) is 0 Å². The highest BCUT2D eigenvalue weighted by Gasteiger charge is 2.79. The molecular weight excluding hydrogens is 532 g/mol. The number of methoxy groups -OCH3 is 1. The number of esters is 4. The van der Waals surface area contributed by atoms with Gasteiger partial charge in [0.25, 0.3) is 0 Å². The van der Waals surface area contributed by atoms with Gasteiger partial charge in [-0.15, -0.1) is 0 Å². The fourth-order valence-corrected chi connectivity index (χ4v) is 6.60. The molecule has 0 aromatic rings. The lowest BCUT2D eigenvalue weighted by atomic mass is 9.51. The molecule has 4 rings (SSSR count). The van der Waals surface area contributed by atoms with E-state index in [-0.39, 0.29) is 13.2 Å². The normalized spacial score (nSPS) is 44.0. The third kappa shape index (κ3) is 4.63. The van der Waals surface area contributed by atoms with E-state index in [0.29, 0.717) is 5.57 Å². The van der Waals surface area contributed by atoms with Crippen LogP contribution >= 0.6 is 0 Å². The van der Waals surface area contributed by atoms with Crippen molar-refractivity contribution in [3.8, 4) is 0 Å². The molecule has 13 nitrogen and oxygen atoms in total. The van der Waals surface area contributed by atoms with Gasteiger partial charge in [0.1, 0.15) is 30.0 Å². The molecule has 2 aliphatic heterocycles. The maximum absolute atomic E-state index is 12.9. The lowest BCUT2D eigenvalue weighted by Crippen LogP contribution is -2.75. The number of ether oxygens (including phenoxy) is 6. The topological polar surface area (TPSA) is 188 Å². The molecule has 1 saturated carbocycles. The Bertz CT molecular complexity index is 1130. The first-order valence-electron chi connectivity index (χ1n) is 13.0. The fraction of sp³-hybridized carbons (Fsp3) is 0.704.